The summed E-state index contributed by atoms with van der Waals surface area (Å²) in [6.07, 6.45) is 4.33. The van der Waals surface area contributed by atoms with Crippen molar-refractivity contribution in [3.63, 3.8) is 0 Å². The van der Waals surface area contributed by atoms with Gasteiger partial charge in [-0.05, 0) is 25.0 Å². The number of thioether (sulfide) groups is 1. The molecule has 0 aliphatic rings. The van der Waals surface area contributed by atoms with E-state index in [1.807, 2.05) is 13.8 Å². The second kappa shape index (κ2) is 12.2. The molecule has 0 aliphatic heterocycles. The predicted molar refractivity (Wildman–Crippen MR) is 86.1 cm³/mol. The minimum absolute atomic E-state index is 0.0465. The lowest BCUT2D eigenvalue weighted by molar-refractivity contribution is -0.143. The molecule has 5 heteroatoms. The molecule has 1 unspecified atom stereocenters. The van der Waals surface area contributed by atoms with Gasteiger partial charge in [-0.3, -0.25) is 4.79 Å². The molecule has 0 amide bonds. The lowest BCUT2D eigenvalue weighted by Crippen LogP contribution is -2.22. The van der Waals surface area contributed by atoms with Gasteiger partial charge < -0.3 is 4.74 Å². The van der Waals surface area contributed by atoms with Gasteiger partial charge in [0, 0.05) is 12.8 Å². The Balaban J connectivity index is 4.00. The van der Waals surface area contributed by atoms with Gasteiger partial charge in [0.1, 0.15) is 5.25 Å². The summed E-state index contributed by atoms with van der Waals surface area (Å²) < 4.78 is 31.9. The Bertz CT molecular complexity index is 273. The van der Waals surface area contributed by atoms with Gasteiger partial charge in [-0.15, -0.1) is 11.8 Å². The molecule has 126 valence electrons. The molecular weight excluding hydrogens is 294 g/mol. The van der Waals surface area contributed by atoms with Gasteiger partial charge >= 0.3 is 5.97 Å². The van der Waals surface area contributed by atoms with Crippen LogP contribution in [0.25, 0.3) is 0 Å². The van der Waals surface area contributed by atoms with Crippen molar-refractivity contribution in [2.45, 2.75) is 83.3 Å². The molecule has 0 fully saturated rings. The molecule has 2 nitrogen and oxygen atoms in total. The van der Waals surface area contributed by atoms with Crippen molar-refractivity contribution in [3.05, 3.63) is 0 Å². The molecule has 0 spiro atoms. The highest BCUT2D eigenvalue weighted by molar-refractivity contribution is 8.00. The third kappa shape index (κ3) is 11.0. The number of esters is 1. The Morgan fingerprint density at radius 1 is 1.10 bits per heavy atom. The van der Waals surface area contributed by atoms with Crippen molar-refractivity contribution in [2.24, 2.45) is 0 Å². The Morgan fingerprint density at radius 2 is 1.81 bits per heavy atom. The number of halogens is 2. The van der Waals surface area contributed by atoms with Crippen molar-refractivity contribution in [1.29, 1.82) is 0 Å². The Labute approximate surface area is 132 Å². The van der Waals surface area contributed by atoms with Crippen LogP contribution in [-0.4, -0.2) is 29.5 Å². The number of ether oxygens (including phenoxy) is 1. The van der Waals surface area contributed by atoms with Gasteiger partial charge in [-0.2, -0.15) is 0 Å². The van der Waals surface area contributed by atoms with E-state index in [9.17, 15) is 13.6 Å². The van der Waals surface area contributed by atoms with E-state index in [1.54, 1.807) is 6.92 Å². The second-order valence-corrected chi connectivity index (χ2v) is 6.69. The van der Waals surface area contributed by atoms with Gasteiger partial charge in [0.2, 0.25) is 5.92 Å². The Kier molecular flexibility index (Phi) is 12.1. The highest BCUT2D eigenvalue weighted by Gasteiger charge is 2.27. The van der Waals surface area contributed by atoms with Crippen LogP contribution in [0.2, 0.25) is 0 Å². The van der Waals surface area contributed by atoms with E-state index >= 15 is 0 Å². The van der Waals surface area contributed by atoms with Crippen LogP contribution < -0.4 is 0 Å². The van der Waals surface area contributed by atoms with E-state index in [1.165, 1.54) is 11.8 Å². The molecule has 0 rings (SSSR count). The fourth-order valence-corrected chi connectivity index (χ4v) is 3.19. The van der Waals surface area contributed by atoms with Gasteiger partial charge in [0.25, 0.3) is 0 Å². The van der Waals surface area contributed by atoms with Crippen LogP contribution in [0.5, 0.6) is 0 Å². The van der Waals surface area contributed by atoms with E-state index in [4.69, 9.17) is 4.74 Å². The van der Waals surface area contributed by atoms with Crippen molar-refractivity contribution in [3.8, 4) is 0 Å². The van der Waals surface area contributed by atoms with Crippen LogP contribution in [-0.2, 0) is 9.53 Å². The summed E-state index contributed by atoms with van der Waals surface area (Å²) in [6, 6.07) is 0. The minimum Gasteiger partial charge on any atom is -0.465 e. The van der Waals surface area contributed by atoms with E-state index < -0.39 is 5.92 Å². The molecule has 0 saturated carbocycles. The molecule has 0 aliphatic carbocycles. The normalized spacial score (nSPS) is 13.2. The third-order valence-corrected chi connectivity index (χ3v) is 4.53. The van der Waals surface area contributed by atoms with Gasteiger partial charge in [0.15, 0.2) is 0 Å². The monoisotopic (exact) mass is 324 g/mol. The molecule has 21 heavy (non-hydrogen) atoms. The average molecular weight is 324 g/mol. The lowest BCUT2D eigenvalue weighted by atomic mass is 10.1. The highest BCUT2D eigenvalue weighted by Crippen LogP contribution is 2.28. The summed E-state index contributed by atoms with van der Waals surface area (Å²) in [4.78, 5) is 11.9. The maximum Gasteiger partial charge on any atom is 0.319 e. The number of carbonyl (C=O) groups is 1. The standard InChI is InChI=1S/C16H30F2O2S/c1-4-7-12-20-15(19)14(9-5-2)21-13-8-11-16(17,18)10-6-3/h14H,4-13H2,1-3H3. The van der Waals surface area contributed by atoms with Gasteiger partial charge in [-0.1, -0.05) is 40.0 Å². The molecule has 0 bridgehead atoms. The fraction of sp³-hybridized carbons (Fsp3) is 0.938. The fourth-order valence-electron chi connectivity index (χ4n) is 1.99. The van der Waals surface area contributed by atoms with Crippen LogP contribution in [0.15, 0.2) is 0 Å². The zero-order valence-electron chi connectivity index (χ0n) is 13.6. The highest BCUT2D eigenvalue weighted by atomic mass is 32.2. The van der Waals surface area contributed by atoms with E-state index in [0.29, 0.717) is 25.2 Å². The molecule has 0 heterocycles. The van der Waals surface area contributed by atoms with E-state index in [-0.39, 0.29) is 24.1 Å². The Hall–Kier alpha value is -0.320. The summed E-state index contributed by atoms with van der Waals surface area (Å²) in [7, 11) is 0. The minimum atomic E-state index is -2.56. The van der Waals surface area contributed by atoms with Crippen LogP contribution in [0.3, 0.4) is 0 Å². The van der Waals surface area contributed by atoms with Crippen molar-refractivity contribution in [2.75, 3.05) is 12.4 Å². The average Bonchev–Trinajstić information content (AvgIpc) is 2.42. The van der Waals surface area contributed by atoms with Crippen LogP contribution in [0, 0.1) is 0 Å². The third-order valence-electron chi connectivity index (χ3n) is 3.18. The van der Waals surface area contributed by atoms with Crippen molar-refractivity contribution >= 4 is 17.7 Å². The van der Waals surface area contributed by atoms with Gasteiger partial charge in [0.05, 0.1) is 6.61 Å². The summed E-state index contributed by atoms with van der Waals surface area (Å²) in [5.41, 5.74) is 0. The van der Waals surface area contributed by atoms with Gasteiger partial charge in [-0.25, -0.2) is 8.78 Å². The summed E-state index contributed by atoms with van der Waals surface area (Å²) in [5, 5.41) is -0.202. The smallest absolute Gasteiger partial charge is 0.319 e. The zero-order valence-corrected chi connectivity index (χ0v) is 14.4. The summed E-state index contributed by atoms with van der Waals surface area (Å²) in [6.45, 7) is 6.29. The molecule has 0 saturated heterocycles. The largest absolute Gasteiger partial charge is 0.465 e. The number of rotatable bonds is 13. The molecule has 0 aromatic rings. The number of alkyl halides is 2. The van der Waals surface area contributed by atoms with E-state index in [2.05, 4.69) is 0 Å². The maximum absolute atomic E-state index is 13.4. The quantitative estimate of drug-likeness (QED) is 0.333. The zero-order chi connectivity index (χ0) is 16.1. The van der Waals surface area contributed by atoms with Crippen molar-refractivity contribution < 1.29 is 18.3 Å². The summed E-state index contributed by atoms with van der Waals surface area (Å²) in [5.74, 6) is -2.15. The molecule has 1 atom stereocenters. The number of carbonyl (C=O) groups excluding carboxylic acids is 1. The first-order valence-electron chi connectivity index (χ1n) is 8.12. The molecule has 0 aromatic heterocycles. The van der Waals surface area contributed by atoms with Crippen LogP contribution in [0.4, 0.5) is 8.78 Å². The topological polar surface area (TPSA) is 26.3 Å². The summed E-state index contributed by atoms with van der Waals surface area (Å²) >= 11 is 1.46. The maximum atomic E-state index is 13.4. The molecular formula is C16H30F2O2S. The number of unbranched alkanes of at least 4 members (excludes halogenated alkanes) is 1. The Morgan fingerprint density at radius 3 is 2.38 bits per heavy atom. The SMILES string of the molecule is CCCCOC(=O)C(CCC)SCCCC(F)(F)CCC. The lowest BCUT2D eigenvalue weighted by Gasteiger charge is -2.17. The number of hydrogen-bond donors (Lipinski definition) is 0. The van der Waals surface area contributed by atoms with Crippen LogP contribution in [0.1, 0.15) is 72.1 Å². The molecule has 0 aromatic carbocycles. The first kappa shape index (κ1) is 20.7. The number of hydrogen-bond acceptors (Lipinski definition) is 3. The van der Waals surface area contributed by atoms with Crippen LogP contribution >= 0.6 is 11.8 Å². The first-order valence-corrected chi connectivity index (χ1v) is 9.17. The molecule has 0 radical (unpaired) electrons. The van der Waals surface area contributed by atoms with Crippen molar-refractivity contribution in [1.82, 2.24) is 0 Å². The van der Waals surface area contributed by atoms with E-state index in [0.717, 1.165) is 25.7 Å². The molecule has 0 N–H and O–H groups in total. The second-order valence-electron chi connectivity index (χ2n) is 5.38. The first-order chi connectivity index (χ1) is 9.96. The predicted octanol–water partition coefficient (Wildman–Crippen LogP) is 5.45.